The lowest BCUT2D eigenvalue weighted by atomic mass is 10.1. The van der Waals surface area contributed by atoms with Crippen molar-refractivity contribution in [3.8, 4) is 0 Å². The van der Waals surface area contributed by atoms with E-state index in [2.05, 4.69) is 10.6 Å². The second-order valence-electron chi connectivity index (χ2n) is 5.61. The van der Waals surface area contributed by atoms with Crippen LogP contribution in [0.1, 0.15) is 45.1 Å². The Morgan fingerprint density at radius 3 is 2.32 bits per heavy atom. The van der Waals surface area contributed by atoms with E-state index in [0.717, 1.165) is 12.8 Å². The molecule has 22 heavy (non-hydrogen) atoms. The lowest BCUT2D eigenvalue weighted by Gasteiger charge is -2.06. The van der Waals surface area contributed by atoms with Crippen molar-refractivity contribution in [2.24, 2.45) is 0 Å². The number of carbonyl (C=O) groups excluding carboxylic acids is 2. The fraction of sp³-hybridized carbons (Fsp3) is 0.294. The van der Waals surface area contributed by atoms with Crippen LogP contribution in [0, 0.1) is 13.8 Å². The van der Waals surface area contributed by atoms with Crippen LogP contribution >= 0.6 is 0 Å². The standard InChI is InChI=1S/C17H18N2O3/c1-10-9-15(11(2)22-10)17(21)19-13-5-3-12(4-6-13)16(20)18-14-7-8-14/h3-6,9,14H,7-8H2,1-2H3,(H,18,20)(H,19,21). The maximum Gasteiger partial charge on any atom is 0.259 e. The zero-order chi connectivity index (χ0) is 15.7. The molecule has 2 aromatic rings. The Balaban J connectivity index is 1.66. The fourth-order valence-corrected chi connectivity index (χ4v) is 2.26. The second kappa shape index (κ2) is 5.67. The molecular formula is C17H18N2O3. The van der Waals surface area contributed by atoms with E-state index in [4.69, 9.17) is 4.42 Å². The molecule has 1 heterocycles. The van der Waals surface area contributed by atoms with E-state index in [1.54, 1.807) is 44.2 Å². The van der Waals surface area contributed by atoms with Gasteiger partial charge >= 0.3 is 0 Å². The number of furan rings is 1. The summed E-state index contributed by atoms with van der Waals surface area (Å²) >= 11 is 0. The van der Waals surface area contributed by atoms with Crippen LogP contribution in [-0.2, 0) is 0 Å². The number of amides is 2. The average Bonchev–Trinajstić information content (AvgIpc) is 3.22. The van der Waals surface area contributed by atoms with Gasteiger partial charge in [0.25, 0.3) is 11.8 Å². The summed E-state index contributed by atoms with van der Waals surface area (Å²) in [5.41, 5.74) is 1.76. The quantitative estimate of drug-likeness (QED) is 0.911. The molecule has 0 radical (unpaired) electrons. The molecule has 114 valence electrons. The van der Waals surface area contributed by atoms with Gasteiger partial charge in [0.05, 0.1) is 5.56 Å². The van der Waals surface area contributed by atoms with Crippen molar-refractivity contribution in [3.63, 3.8) is 0 Å². The van der Waals surface area contributed by atoms with Crippen molar-refractivity contribution in [3.05, 3.63) is 53.0 Å². The first-order valence-corrected chi connectivity index (χ1v) is 7.32. The molecule has 1 aliphatic rings. The summed E-state index contributed by atoms with van der Waals surface area (Å²) in [5, 5.41) is 5.73. The highest BCUT2D eigenvalue weighted by Gasteiger charge is 2.23. The number of rotatable bonds is 4. The maximum absolute atomic E-state index is 12.2. The molecule has 0 bridgehead atoms. The highest BCUT2D eigenvalue weighted by atomic mass is 16.3. The topological polar surface area (TPSA) is 71.3 Å². The normalized spacial score (nSPS) is 13.7. The average molecular weight is 298 g/mol. The third-order valence-corrected chi connectivity index (χ3v) is 3.60. The number of aryl methyl sites for hydroxylation is 2. The van der Waals surface area contributed by atoms with Gasteiger partial charge in [-0.15, -0.1) is 0 Å². The molecule has 0 saturated heterocycles. The molecule has 0 atom stereocenters. The molecule has 1 aromatic heterocycles. The smallest absolute Gasteiger partial charge is 0.259 e. The molecule has 1 aliphatic carbocycles. The van der Waals surface area contributed by atoms with Gasteiger partial charge in [0.2, 0.25) is 0 Å². The lowest BCUT2D eigenvalue weighted by Crippen LogP contribution is -2.25. The highest BCUT2D eigenvalue weighted by molar-refractivity contribution is 6.05. The van der Waals surface area contributed by atoms with Crippen molar-refractivity contribution >= 4 is 17.5 Å². The summed E-state index contributed by atoms with van der Waals surface area (Å²) in [7, 11) is 0. The summed E-state index contributed by atoms with van der Waals surface area (Å²) < 4.78 is 5.35. The van der Waals surface area contributed by atoms with Crippen molar-refractivity contribution < 1.29 is 14.0 Å². The van der Waals surface area contributed by atoms with E-state index in [1.165, 1.54) is 0 Å². The zero-order valence-electron chi connectivity index (χ0n) is 12.6. The van der Waals surface area contributed by atoms with Crippen LogP contribution in [0.25, 0.3) is 0 Å². The van der Waals surface area contributed by atoms with Gasteiger partial charge in [0.1, 0.15) is 11.5 Å². The Labute approximate surface area is 128 Å². The maximum atomic E-state index is 12.2. The van der Waals surface area contributed by atoms with Gasteiger partial charge in [-0.2, -0.15) is 0 Å². The van der Waals surface area contributed by atoms with Gasteiger partial charge in [-0.05, 0) is 57.0 Å². The first-order chi connectivity index (χ1) is 10.5. The van der Waals surface area contributed by atoms with E-state index in [1.807, 2.05) is 0 Å². The number of hydrogen-bond acceptors (Lipinski definition) is 3. The van der Waals surface area contributed by atoms with Gasteiger partial charge in [-0.3, -0.25) is 9.59 Å². The first kappa shape index (κ1) is 14.4. The Bertz CT molecular complexity index is 712. The summed E-state index contributed by atoms with van der Waals surface area (Å²) in [6.07, 6.45) is 2.12. The molecule has 0 aliphatic heterocycles. The minimum absolute atomic E-state index is 0.0679. The van der Waals surface area contributed by atoms with Crippen LogP contribution in [0.2, 0.25) is 0 Å². The number of carbonyl (C=O) groups is 2. The number of anilines is 1. The largest absolute Gasteiger partial charge is 0.466 e. The van der Waals surface area contributed by atoms with Crippen molar-refractivity contribution in [1.29, 1.82) is 0 Å². The minimum atomic E-state index is -0.218. The summed E-state index contributed by atoms with van der Waals surface area (Å²) in [4.78, 5) is 24.1. The Morgan fingerprint density at radius 1 is 1.09 bits per heavy atom. The van der Waals surface area contributed by atoms with Crippen molar-refractivity contribution in [2.75, 3.05) is 5.32 Å². The van der Waals surface area contributed by atoms with Crippen molar-refractivity contribution in [1.82, 2.24) is 5.32 Å². The predicted molar refractivity (Wildman–Crippen MR) is 83.1 cm³/mol. The zero-order valence-corrected chi connectivity index (χ0v) is 12.6. The monoisotopic (exact) mass is 298 g/mol. The first-order valence-electron chi connectivity index (χ1n) is 7.32. The molecule has 0 spiro atoms. The molecule has 2 amide bonds. The van der Waals surface area contributed by atoms with E-state index in [-0.39, 0.29) is 11.8 Å². The highest BCUT2D eigenvalue weighted by Crippen LogP contribution is 2.20. The lowest BCUT2D eigenvalue weighted by molar-refractivity contribution is 0.0950. The van der Waals surface area contributed by atoms with E-state index < -0.39 is 0 Å². The Morgan fingerprint density at radius 2 is 1.77 bits per heavy atom. The SMILES string of the molecule is Cc1cc(C(=O)Nc2ccc(C(=O)NC3CC3)cc2)c(C)o1. The third-order valence-electron chi connectivity index (χ3n) is 3.60. The summed E-state index contributed by atoms with van der Waals surface area (Å²) in [5.74, 6) is 1.01. The number of benzene rings is 1. The van der Waals surface area contributed by atoms with Crippen LogP contribution in [0.5, 0.6) is 0 Å². The van der Waals surface area contributed by atoms with Crippen LogP contribution in [0.3, 0.4) is 0 Å². The van der Waals surface area contributed by atoms with Crippen LogP contribution in [-0.4, -0.2) is 17.9 Å². The molecule has 3 rings (SSSR count). The number of hydrogen-bond donors (Lipinski definition) is 2. The number of nitrogens with one attached hydrogen (secondary N) is 2. The second-order valence-corrected chi connectivity index (χ2v) is 5.61. The van der Waals surface area contributed by atoms with Crippen LogP contribution in [0.4, 0.5) is 5.69 Å². The molecule has 0 unspecified atom stereocenters. The Kier molecular flexibility index (Phi) is 3.71. The fourth-order valence-electron chi connectivity index (χ4n) is 2.26. The summed E-state index contributed by atoms with van der Waals surface area (Å²) in [6.45, 7) is 3.56. The molecule has 5 heteroatoms. The van der Waals surface area contributed by atoms with Crippen LogP contribution in [0.15, 0.2) is 34.7 Å². The van der Waals surface area contributed by atoms with E-state index in [0.29, 0.717) is 34.4 Å². The molecule has 1 fully saturated rings. The third kappa shape index (κ3) is 3.19. The molecule has 5 nitrogen and oxygen atoms in total. The van der Waals surface area contributed by atoms with Crippen molar-refractivity contribution in [2.45, 2.75) is 32.7 Å². The summed E-state index contributed by atoms with van der Waals surface area (Å²) in [6, 6.07) is 8.91. The molecule has 1 saturated carbocycles. The molecule has 1 aromatic carbocycles. The van der Waals surface area contributed by atoms with Crippen LogP contribution < -0.4 is 10.6 Å². The van der Waals surface area contributed by atoms with Gasteiger partial charge in [0.15, 0.2) is 0 Å². The Hall–Kier alpha value is -2.56. The van der Waals surface area contributed by atoms with E-state index in [9.17, 15) is 9.59 Å². The van der Waals surface area contributed by atoms with E-state index >= 15 is 0 Å². The minimum Gasteiger partial charge on any atom is -0.466 e. The molecular weight excluding hydrogens is 280 g/mol. The molecule has 2 N–H and O–H groups in total. The van der Waals surface area contributed by atoms with Gasteiger partial charge < -0.3 is 15.1 Å². The van der Waals surface area contributed by atoms with Gasteiger partial charge in [-0.1, -0.05) is 0 Å². The predicted octanol–water partition coefficient (Wildman–Crippen LogP) is 3.04. The van der Waals surface area contributed by atoms with Gasteiger partial charge in [-0.25, -0.2) is 0 Å². The van der Waals surface area contributed by atoms with Gasteiger partial charge in [0, 0.05) is 17.3 Å².